The van der Waals surface area contributed by atoms with Crippen LogP contribution in [0.25, 0.3) is 0 Å². The monoisotopic (exact) mass is 125 g/mol. The Hall–Kier alpha value is 0.248. The molecule has 2 N–H and O–H groups in total. The molecule has 0 aliphatic carbocycles. The van der Waals surface area contributed by atoms with Crippen molar-refractivity contribution in [3.05, 3.63) is 0 Å². The van der Waals surface area contributed by atoms with Crippen LogP contribution in [0.2, 0.25) is 0 Å². The van der Waals surface area contributed by atoms with Gasteiger partial charge < -0.3 is 5.48 Å². The van der Waals surface area contributed by atoms with Crippen LogP contribution in [0.4, 0.5) is 0 Å². The molecule has 0 amide bonds. The van der Waals surface area contributed by atoms with Gasteiger partial charge in [0, 0.05) is 19.5 Å². The quantitative estimate of drug-likeness (QED) is 0.336. The molecule has 26 valence electrons. The van der Waals surface area contributed by atoms with Crippen LogP contribution in [-0.2, 0) is 24.2 Å². The van der Waals surface area contributed by atoms with E-state index in [0.29, 0.717) is 0 Å². The minimum absolute atomic E-state index is 0. The summed E-state index contributed by atoms with van der Waals surface area (Å²) in [5.41, 5.74) is 0. The van der Waals surface area contributed by atoms with Crippen LogP contribution in [0.3, 0.4) is 0 Å². The zero-order valence-electron chi connectivity index (χ0n) is 2.60. The van der Waals surface area contributed by atoms with Gasteiger partial charge in [-0.05, 0) is 0 Å². The fraction of sp³-hybridized carbons (Fsp3) is 0. The summed E-state index contributed by atoms with van der Waals surface area (Å²) in [6.07, 6.45) is 0. The SMILES string of the molecule is O.O=B[O-].[Zn]. The molecule has 0 aromatic carbocycles. The summed E-state index contributed by atoms with van der Waals surface area (Å²) < 4.78 is 8.25. The van der Waals surface area contributed by atoms with Crippen molar-refractivity contribution >= 4 is 7.35 Å². The Labute approximate surface area is 42.7 Å². The fourth-order valence-corrected chi connectivity index (χ4v) is 0. The van der Waals surface area contributed by atoms with Crippen molar-refractivity contribution in [1.29, 1.82) is 0 Å². The molecule has 5 heavy (non-hydrogen) atoms. The van der Waals surface area contributed by atoms with E-state index < -0.39 is 7.35 Å². The summed E-state index contributed by atoms with van der Waals surface area (Å²) in [7, 11) is -0.500. The van der Waals surface area contributed by atoms with E-state index in [1.165, 1.54) is 0 Å². The van der Waals surface area contributed by atoms with Gasteiger partial charge in [-0.25, -0.2) is 0 Å². The molecule has 0 aromatic rings. The van der Waals surface area contributed by atoms with E-state index >= 15 is 0 Å². The minimum Gasteiger partial charge on any atom is 0 e. The first-order valence-corrected chi connectivity index (χ1v) is 0.471. The van der Waals surface area contributed by atoms with Crippen molar-refractivity contribution in [2.45, 2.75) is 0 Å². The summed E-state index contributed by atoms with van der Waals surface area (Å²) in [4.78, 5) is 0. The van der Waals surface area contributed by atoms with Crippen LogP contribution < -0.4 is 5.02 Å². The van der Waals surface area contributed by atoms with Gasteiger partial charge in [0.25, 0.3) is 0 Å². The van der Waals surface area contributed by atoms with E-state index in [-0.39, 0.29) is 25.0 Å². The van der Waals surface area contributed by atoms with Crippen molar-refractivity contribution in [2.75, 3.05) is 0 Å². The standard InChI is InChI=1S/BO2.H2O.Zn/c2-1-3;;/h;1H2;/q-1;;. The van der Waals surface area contributed by atoms with Crippen molar-refractivity contribution in [3.63, 3.8) is 0 Å². The Morgan fingerprint density at radius 3 is 1.60 bits per heavy atom. The van der Waals surface area contributed by atoms with Crippen LogP contribution in [0.15, 0.2) is 0 Å². The molecule has 0 aliphatic heterocycles. The Balaban J connectivity index is -0.0000000200. The molecule has 5 heteroatoms. The average Bonchev–Trinajstić information content (AvgIpc) is 0.918. The van der Waals surface area contributed by atoms with Crippen LogP contribution in [0.5, 0.6) is 0 Å². The Morgan fingerprint density at radius 2 is 1.60 bits per heavy atom. The summed E-state index contributed by atoms with van der Waals surface area (Å²) in [6, 6.07) is 0. The third kappa shape index (κ3) is 348. The summed E-state index contributed by atoms with van der Waals surface area (Å²) in [5, 5.41) is 8.25. The molecule has 0 saturated carbocycles. The largest absolute Gasteiger partial charge is 0 e. The molecular weight excluding hydrogens is 124 g/mol. The normalized spacial score (nSPS) is 1.60. The maximum atomic E-state index is 8.25. The third-order valence-electron chi connectivity index (χ3n) is 0. The van der Waals surface area contributed by atoms with Gasteiger partial charge in [0.1, 0.15) is 0 Å². The van der Waals surface area contributed by atoms with Gasteiger partial charge in [-0.2, -0.15) is 0 Å². The molecule has 3 nitrogen and oxygen atoms in total. The fourth-order valence-electron chi connectivity index (χ4n) is 0. The molecule has 0 fully saturated rings. The van der Waals surface area contributed by atoms with Gasteiger partial charge >= 0.3 is 17.1 Å². The van der Waals surface area contributed by atoms with Crippen LogP contribution in [0.1, 0.15) is 0 Å². The van der Waals surface area contributed by atoms with E-state index in [0.717, 1.165) is 0 Å². The predicted octanol–water partition coefficient (Wildman–Crippen LogP) is -2.52. The average molecular weight is 126 g/mol. The van der Waals surface area contributed by atoms with Gasteiger partial charge in [0.2, 0.25) is 0 Å². The molecule has 0 atom stereocenters. The summed E-state index contributed by atoms with van der Waals surface area (Å²) in [6.45, 7) is 0. The summed E-state index contributed by atoms with van der Waals surface area (Å²) >= 11 is 0. The first-order chi connectivity index (χ1) is 1.41. The Morgan fingerprint density at radius 1 is 1.60 bits per heavy atom. The van der Waals surface area contributed by atoms with Crippen molar-refractivity contribution in [2.24, 2.45) is 0 Å². The van der Waals surface area contributed by atoms with Crippen molar-refractivity contribution in [1.82, 2.24) is 0 Å². The smallest absolute Gasteiger partial charge is 0 e. The maximum Gasteiger partial charge on any atom is 0 e. The molecule has 0 aliphatic rings. The van der Waals surface area contributed by atoms with E-state index in [9.17, 15) is 0 Å². The summed E-state index contributed by atoms with van der Waals surface area (Å²) in [5.74, 6) is 0. The first kappa shape index (κ1) is 18.7. The molecule has 0 radical (unpaired) electrons. The molecule has 0 rings (SSSR count). The van der Waals surface area contributed by atoms with Gasteiger partial charge in [-0.15, -0.1) is 0 Å². The van der Waals surface area contributed by atoms with E-state index in [1.54, 1.807) is 0 Å². The molecular formula is H2BO3Zn-. The second-order valence-corrected chi connectivity index (χ2v) is 0.0962. The third-order valence-corrected chi connectivity index (χ3v) is 0. The molecule has 0 unspecified atom stereocenters. The molecule has 0 spiro atoms. The number of hydrogen-bond donors (Lipinski definition) is 0. The van der Waals surface area contributed by atoms with Crippen molar-refractivity contribution in [3.8, 4) is 0 Å². The van der Waals surface area contributed by atoms with Crippen LogP contribution in [-0.4, -0.2) is 12.8 Å². The van der Waals surface area contributed by atoms with E-state index in [1.807, 2.05) is 0 Å². The molecule has 0 aromatic heterocycles. The van der Waals surface area contributed by atoms with E-state index in [4.69, 9.17) is 9.73 Å². The molecule has 0 saturated heterocycles. The van der Waals surface area contributed by atoms with Gasteiger partial charge in [0.15, 0.2) is 0 Å². The van der Waals surface area contributed by atoms with Crippen LogP contribution in [0, 0.1) is 0 Å². The second kappa shape index (κ2) is 28.8. The zero-order valence-corrected chi connectivity index (χ0v) is 5.57. The van der Waals surface area contributed by atoms with Crippen LogP contribution >= 0.6 is 0 Å². The van der Waals surface area contributed by atoms with Gasteiger partial charge in [-0.1, -0.05) is 0 Å². The Kier molecular flexibility index (Phi) is 108. The van der Waals surface area contributed by atoms with Gasteiger partial charge in [-0.3, -0.25) is 0 Å². The van der Waals surface area contributed by atoms with Gasteiger partial charge in [0.05, 0.1) is 0 Å². The maximum absolute atomic E-state index is 8.25. The Bertz CT molecular complexity index is 14.4. The molecule has 0 heterocycles. The zero-order chi connectivity index (χ0) is 2.71. The number of hydrogen-bond acceptors (Lipinski definition) is 2. The van der Waals surface area contributed by atoms with E-state index in [2.05, 4.69) is 0 Å². The van der Waals surface area contributed by atoms with Crippen molar-refractivity contribution < 1.29 is 34.7 Å². The molecule has 0 bridgehead atoms. The number of rotatable bonds is 0. The minimum atomic E-state index is -0.500. The second-order valence-electron chi connectivity index (χ2n) is 0.0962. The first-order valence-electron chi connectivity index (χ1n) is 0.471. The topological polar surface area (TPSA) is 71.6 Å². The predicted molar refractivity (Wildman–Crippen MR) is 10.1 cm³/mol.